The molecule has 0 radical (unpaired) electrons. The van der Waals surface area contributed by atoms with Crippen LogP contribution in [0.5, 0.6) is 0 Å². The van der Waals surface area contributed by atoms with E-state index < -0.39 is 0 Å². The van der Waals surface area contributed by atoms with Crippen molar-refractivity contribution in [1.29, 1.82) is 0 Å². The van der Waals surface area contributed by atoms with Crippen molar-refractivity contribution < 1.29 is 9.59 Å². The number of fused-ring (bicyclic) bond motifs is 1. The topological polar surface area (TPSA) is 61.4 Å². The number of hydrogen-bond donors (Lipinski definition) is 2. The highest BCUT2D eigenvalue weighted by atomic mass is 35.5. The molecule has 0 unspecified atom stereocenters. The number of carbonyl (C=O) groups is 2. The van der Waals surface area contributed by atoms with Gasteiger partial charge in [-0.2, -0.15) is 0 Å². The number of hydrogen-bond acceptors (Lipinski definition) is 4. The average Bonchev–Trinajstić information content (AvgIpc) is 3.25. The van der Waals surface area contributed by atoms with Gasteiger partial charge in [-0.05, 0) is 75.0 Å². The molecule has 2 aromatic rings. The van der Waals surface area contributed by atoms with E-state index >= 15 is 0 Å². The molecule has 148 valence electrons. The van der Waals surface area contributed by atoms with Crippen LogP contribution in [0.2, 0.25) is 5.02 Å². The van der Waals surface area contributed by atoms with E-state index in [0.29, 0.717) is 27.8 Å². The molecule has 1 aromatic carbocycles. The second-order valence-corrected chi connectivity index (χ2v) is 8.95. The van der Waals surface area contributed by atoms with Gasteiger partial charge in [-0.3, -0.25) is 14.5 Å². The van der Waals surface area contributed by atoms with E-state index in [9.17, 15) is 9.59 Å². The van der Waals surface area contributed by atoms with Crippen molar-refractivity contribution in [1.82, 2.24) is 4.90 Å². The lowest BCUT2D eigenvalue weighted by Gasteiger charge is -2.25. The van der Waals surface area contributed by atoms with Crippen LogP contribution in [0.15, 0.2) is 24.3 Å². The summed E-state index contributed by atoms with van der Waals surface area (Å²) in [5, 5.41) is 7.27. The lowest BCUT2D eigenvalue weighted by Crippen LogP contribution is -2.37. The van der Waals surface area contributed by atoms with E-state index in [1.807, 2.05) is 0 Å². The minimum absolute atomic E-state index is 0.0395. The largest absolute Gasteiger partial charge is 0.322 e. The summed E-state index contributed by atoms with van der Waals surface area (Å²) >= 11 is 7.47. The molecule has 1 aliphatic heterocycles. The highest BCUT2D eigenvalue weighted by molar-refractivity contribution is 7.17. The first-order chi connectivity index (χ1) is 13.6. The van der Waals surface area contributed by atoms with E-state index in [4.69, 9.17) is 11.6 Å². The third-order valence-corrected chi connectivity index (χ3v) is 6.78. The van der Waals surface area contributed by atoms with Crippen LogP contribution in [-0.4, -0.2) is 36.3 Å². The van der Waals surface area contributed by atoms with E-state index in [0.717, 1.165) is 50.8 Å². The molecule has 4 rings (SSSR count). The van der Waals surface area contributed by atoms with Crippen LogP contribution >= 0.6 is 22.9 Å². The number of amides is 2. The first kappa shape index (κ1) is 19.4. The van der Waals surface area contributed by atoms with Gasteiger partial charge in [0.15, 0.2) is 0 Å². The Kier molecular flexibility index (Phi) is 5.99. The number of likely N-dealkylation sites (tertiary alicyclic amines) is 1. The normalized spacial score (nSPS) is 16.6. The number of aryl methyl sites for hydroxylation is 1. The Morgan fingerprint density at radius 2 is 1.75 bits per heavy atom. The highest BCUT2D eigenvalue weighted by Crippen LogP contribution is 2.39. The molecule has 28 heavy (non-hydrogen) atoms. The zero-order valence-electron chi connectivity index (χ0n) is 15.7. The Labute approximate surface area is 174 Å². The average molecular weight is 418 g/mol. The molecule has 7 heteroatoms. The van der Waals surface area contributed by atoms with Gasteiger partial charge in [0.25, 0.3) is 5.91 Å². The zero-order valence-corrected chi connectivity index (χ0v) is 17.3. The summed E-state index contributed by atoms with van der Waals surface area (Å²) in [6.45, 7) is 2.33. The number of halogens is 1. The summed E-state index contributed by atoms with van der Waals surface area (Å²) in [5.74, 6) is -0.211. The smallest absolute Gasteiger partial charge is 0.258 e. The van der Waals surface area contributed by atoms with Crippen LogP contribution in [-0.2, 0) is 17.6 Å². The maximum atomic E-state index is 13.0. The first-order valence-electron chi connectivity index (χ1n) is 9.84. The van der Waals surface area contributed by atoms with E-state index in [2.05, 4.69) is 15.5 Å². The minimum atomic E-state index is -0.171. The van der Waals surface area contributed by atoms with E-state index in [1.165, 1.54) is 11.3 Å². The summed E-state index contributed by atoms with van der Waals surface area (Å²) in [5.41, 5.74) is 2.40. The molecule has 1 saturated heterocycles. The van der Waals surface area contributed by atoms with Crippen LogP contribution in [0, 0.1) is 0 Å². The van der Waals surface area contributed by atoms with Gasteiger partial charge < -0.3 is 10.6 Å². The van der Waals surface area contributed by atoms with E-state index in [1.54, 1.807) is 35.6 Å². The van der Waals surface area contributed by atoms with Crippen molar-refractivity contribution in [3.63, 3.8) is 0 Å². The highest BCUT2D eigenvalue weighted by Gasteiger charge is 2.28. The van der Waals surface area contributed by atoms with Crippen LogP contribution in [0.4, 0.5) is 10.7 Å². The number of thiophene rings is 1. The van der Waals surface area contributed by atoms with Gasteiger partial charge in [-0.15, -0.1) is 11.3 Å². The van der Waals surface area contributed by atoms with Gasteiger partial charge in [0.05, 0.1) is 12.1 Å². The maximum absolute atomic E-state index is 13.0. The van der Waals surface area contributed by atoms with E-state index in [-0.39, 0.29) is 11.8 Å². The molecule has 1 fully saturated rings. The van der Waals surface area contributed by atoms with Gasteiger partial charge in [0.2, 0.25) is 5.91 Å². The Bertz CT molecular complexity index is 873. The molecular weight excluding hydrogens is 394 g/mol. The van der Waals surface area contributed by atoms with Crippen molar-refractivity contribution in [3.05, 3.63) is 45.3 Å². The summed E-state index contributed by atoms with van der Waals surface area (Å²) in [7, 11) is 0. The predicted octanol–water partition coefficient (Wildman–Crippen LogP) is 4.57. The Morgan fingerprint density at radius 3 is 2.50 bits per heavy atom. The van der Waals surface area contributed by atoms with Crippen molar-refractivity contribution in [3.8, 4) is 0 Å². The summed E-state index contributed by atoms with van der Waals surface area (Å²) in [4.78, 5) is 29.0. The van der Waals surface area contributed by atoms with Gasteiger partial charge in [-0.25, -0.2) is 0 Å². The van der Waals surface area contributed by atoms with Gasteiger partial charge in [0, 0.05) is 15.6 Å². The third kappa shape index (κ3) is 4.40. The number of rotatable bonds is 5. The van der Waals surface area contributed by atoms with Crippen LogP contribution < -0.4 is 10.6 Å². The minimum Gasteiger partial charge on any atom is -0.322 e. The Balaban J connectivity index is 1.50. The summed E-state index contributed by atoms with van der Waals surface area (Å²) in [6.07, 6.45) is 6.46. The molecule has 2 amide bonds. The molecule has 2 N–H and O–H groups in total. The maximum Gasteiger partial charge on any atom is 0.258 e. The molecule has 1 aliphatic carbocycles. The predicted molar refractivity (Wildman–Crippen MR) is 115 cm³/mol. The zero-order chi connectivity index (χ0) is 19.5. The molecular formula is C21H24ClN3O2S. The molecule has 0 bridgehead atoms. The number of nitrogens with zero attached hydrogens (tertiary/aromatic N) is 1. The third-order valence-electron chi connectivity index (χ3n) is 5.32. The standard InChI is InChI=1S/C21H24ClN3O2S/c22-14-7-9-15(10-8-14)23-20(27)19-16-5-4-6-17(16)28-21(19)24-18(26)13-25-11-2-1-3-12-25/h7-10H,1-6,11-13H2,(H,23,27)(H,24,26). The van der Waals surface area contributed by atoms with Crippen LogP contribution in [0.3, 0.4) is 0 Å². The summed E-state index contributed by atoms with van der Waals surface area (Å²) in [6, 6.07) is 7.05. The number of carbonyl (C=O) groups excluding carboxylic acids is 2. The Hall–Kier alpha value is -1.89. The van der Waals surface area contributed by atoms with Crippen molar-refractivity contribution >= 4 is 45.4 Å². The van der Waals surface area contributed by atoms with Crippen molar-refractivity contribution in [2.24, 2.45) is 0 Å². The monoisotopic (exact) mass is 417 g/mol. The molecule has 0 atom stereocenters. The number of piperidine rings is 1. The quantitative estimate of drug-likeness (QED) is 0.749. The molecule has 2 heterocycles. The lowest BCUT2D eigenvalue weighted by molar-refractivity contribution is -0.117. The second-order valence-electron chi connectivity index (χ2n) is 7.41. The Morgan fingerprint density at radius 1 is 1.00 bits per heavy atom. The molecule has 0 spiro atoms. The second kappa shape index (κ2) is 8.64. The summed E-state index contributed by atoms with van der Waals surface area (Å²) < 4.78 is 0. The van der Waals surface area contributed by atoms with Crippen molar-refractivity contribution in [2.45, 2.75) is 38.5 Å². The van der Waals surface area contributed by atoms with Crippen molar-refractivity contribution in [2.75, 3.05) is 30.3 Å². The number of benzene rings is 1. The molecule has 1 aromatic heterocycles. The van der Waals surface area contributed by atoms with Gasteiger partial charge >= 0.3 is 0 Å². The number of nitrogens with one attached hydrogen (secondary N) is 2. The SMILES string of the molecule is O=C(CN1CCCCC1)Nc1sc2c(c1C(=O)Nc1ccc(Cl)cc1)CCC2. The van der Waals surface area contributed by atoms with Gasteiger partial charge in [0.1, 0.15) is 5.00 Å². The number of anilines is 2. The van der Waals surface area contributed by atoms with Gasteiger partial charge in [-0.1, -0.05) is 18.0 Å². The fraction of sp³-hybridized carbons (Fsp3) is 0.429. The molecule has 5 nitrogen and oxygen atoms in total. The van der Waals surface area contributed by atoms with Crippen LogP contribution in [0.1, 0.15) is 46.5 Å². The first-order valence-corrected chi connectivity index (χ1v) is 11.0. The molecule has 0 saturated carbocycles. The fourth-order valence-corrected chi connectivity index (χ4v) is 5.38. The lowest BCUT2D eigenvalue weighted by atomic mass is 10.1. The molecule has 2 aliphatic rings. The fourth-order valence-electron chi connectivity index (χ4n) is 3.95. The van der Waals surface area contributed by atoms with Crippen LogP contribution in [0.25, 0.3) is 0 Å².